The van der Waals surface area contributed by atoms with Crippen LogP contribution in [-0.4, -0.2) is 75.2 Å². The summed E-state index contributed by atoms with van der Waals surface area (Å²) < 4.78 is 0. The Labute approximate surface area is 208 Å². The third kappa shape index (κ3) is 7.82. The quantitative estimate of drug-likeness (QED) is 0.191. The van der Waals surface area contributed by atoms with Crippen molar-refractivity contribution in [2.75, 3.05) is 12.3 Å². The van der Waals surface area contributed by atoms with Crippen molar-refractivity contribution in [2.24, 2.45) is 0 Å². The number of nitrogens with zero attached hydrogens (tertiary/aromatic N) is 1. The summed E-state index contributed by atoms with van der Waals surface area (Å²) in [6, 6.07) is 5.40. The Kier molecular flexibility index (Phi) is 9.67. The van der Waals surface area contributed by atoms with Gasteiger partial charge >= 0.3 is 5.97 Å². The number of aromatic amines is 1. The van der Waals surface area contributed by atoms with E-state index in [1.54, 1.807) is 24.3 Å². The van der Waals surface area contributed by atoms with Crippen molar-refractivity contribution >= 4 is 36.3 Å². The van der Waals surface area contributed by atoms with Gasteiger partial charge < -0.3 is 31.4 Å². The van der Waals surface area contributed by atoms with E-state index in [4.69, 9.17) is 0 Å². The van der Waals surface area contributed by atoms with Gasteiger partial charge in [0.05, 0.1) is 12.4 Å². The summed E-state index contributed by atoms with van der Waals surface area (Å²) in [5.41, 5.74) is 1.31. The zero-order valence-electron chi connectivity index (χ0n) is 19.1. The predicted octanol–water partition coefficient (Wildman–Crippen LogP) is -0.584. The van der Waals surface area contributed by atoms with E-state index in [-0.39, 0.29) is 30.5 Å². The molecular weight excluding hydrogens is 472 g/mol. The molecule has 1 aromatic carbocycles. The number of rotatable bonds is 12. The van der Waals surface area contributed by atoms with Crippen LogP contribution in [0.2, 0.25) is 0 Å². The average Bonchev–Trinajstić information content (AvgIpc) is 3.56. The Bertz CT molecular complexity index is 997. The summed E-state index contributed by atoms with van der Waals surface area (Å²) in [4.78, 5) is 57.0. The average molecular weight is 503 g/mol. The fraction of sp³-hybridized carbons (Fsp3) is 0.435. The van der Waals surface area contributed by atoms with Gasteiger partial charge in [0.25, 0.3) is 0 Å². The zero-order valence-corrected chi connectivity index (χ0v) is 20.0. The van der Waals surface area contributed by atoms with Gasteiger partial charge in [-0.2, -0.15) is 12.6 Å². The molecule has 3 rings (SSSR count). The van der Waals surface area contributed by atoms with E-state index >= 15 is 0 Å². The maximum atomic E-state index is 13.1. The highest BCUT2D eigenvalue weighted by molar-refractivity contribution is 7.80. The number of aliphatic carboxylic acids is 1. The molecule has 4 atom stereocenters. The van der Waals surface area contributed by atoms with Gasteiger partial charge in [-0.3, -0.25) is 14.4 Å². The molecule has 12 heteroatoms. The lowest BCUT2D eigenvalue weighted by Crippen LogP contribution is -2.58. The van der Waals surface area contributed by atoms with Gasteiger partial charge in [0, 0.05) is 30.5 Å². The molecule has 1 aliphatic rings. The fourth-order valence-electron chi connectivity index (χ4n) is 3.79. The molecule has 188 valence electrons. The largest absolute Gasteiger partial charge is 0.480 e. The Morgan fingerprint density at radius 1 is 1.03 bits per heavy atom. The smallest absolute Gasteiger partial charge is 0.326 e. The van der Waals surface area contributed by atoms with Gasteiger partial charge in [-0.25, -0.2) is 9.78 Å². The maximum absolute atomic E-state index is 13.1. The van der Waals surface area contributed by atoms with Crippen molar-refractivity contribution in [1.82, 2.24) is 31.2 Å². The minimum atomic E-state index is -1.23. The molecule has 11 nitrogen and oxygen atoms in total. The summed E-state index contributed by atoms with van der Waals surface area (Å²) in [6.45, 7) is 0.735. The summed E-state index contributed by atoms with van der Waals surface area (Å²) in [5.74, 6) is -2.73. The number of amides is 3. The summed E-state index contributed by atoms with van der Waals surface area (Å²) in [7, 11) is 0. The van der Waals surface area contributed by atoms with Crippen molar-refractivity contribution in [1.29, 1.82) is 0 Å². The Morgan fingerprint density at radius 2 is 1.74 bits per heavy atom. The number of hydrogen-bond acceptors (Lipinski definition) is 7. The van der Waals surface area contributed by atoms with Gasteiger partial charge in [0.1, 0.15) is 18.1 Å². The van der Waals surface area contributed by atoms with Gasteiger partial charge in [0.15, 0.2) is 0 Å². The van der Waals surface area contributed by atoms with Crippen LogP contribution in [0.15, 0.2) is 42.9 Å². The van der Waals surface area contributed by atoms with E-state index < -0.39 is 35.9 Å². The molecule has 0 aliphatic carbocycles. The Morgan fingerprint density at radius 3 is 2.34 bits per heavy atom. The second-order valence-corrected chi connectivity index (χ2v) is 8.69. The number of nitrogens with one attached hydrogen (secondary N) is 5. The van der Waals surface area contributed by atoms with E-state index in [1.165, 1.54) is 12.5 Å². The Hall–Kier alpha value is -3.38. The topological polar surface area (TPSA) is 165 Å². The number of imidazole rings is 1. The molecule has 1 aromatic heterocycles. The van der Waals surface area contributed by atoms with Crippen LogP contribution < -0.4 is 21.3 Å². The lowest BCUT2D eigenvalue weighted by atomic mass is 10.0. The number of carboxylic acids is 1. The van der Waals surface area contributed by atoms with E-state index in [0.717, 1.165) is 18.5 Å². The van der Waals surface area contributed by atoms with Crippen molar-refractivity contribution in [3.63, 3.8) is 0 Å². The highest BCUT2D eigenvalue weighted by Crippen LogP contribution is 2.08. The first-order valence-corrected chi connectivity index (χ1v) is 12.0. The number of carbonyl (C=O) groups excluding carboxylic acids is 3. The first-order valence-electron chi connectivity index (χ1n) is 11.4. The van der Waals surface area contributed by atoms with Crippen LogP contribution in [0.1, 0.15) is 24.1 Å². The van der Waals surface area contributed by atoms with Crippen molar-refractivity contribution in [3.05, 3.63) is 54.1 Å². The maximum Gasteiger partial charge on any atom is 0.326 e. The third-order valence-electron chi connectivity index (χ3n) is 5.70. The standard InChI is InChI=1S/C23H30N6O5S/c30-20(16-7-4-8-25-16)29-19(12-35)22(32)27-17(9-14-5-2-1-3-6-14)21(31)28-18(23(33)34)10-15-11-24-13-26-15/h1-3,5-6,11,13,16-19,25,35H,4,7-10,12H2,(H,24,26)(H,27,32)(H,28,31)(H,29,30)(H,33,34). The number of aromatic nitrogens is 2. The van der Waals surface area contributed by atoms with Crippen molar-refractivity contribution < 1.29 is 24.3 Å². The summed E-state index contributed by atoms with van der Waals surface area (Å²) in [6.07, 6.45) is 4.58. The fourth-order valence-corrected chi connectivity index (χ4v) is 4.05. The first-order chi connectivity index (χ1) is 16.9. The Balaban J connectivity index is 1.71. The molecule has 2 aromatic rings. The number of benzene rings is 1. The molecule has 1 aliphatic heterocycles. The SMILES string of the molecule is O=C(O)C(Cc1cnc[nH]1)NC(=O)C(Cc1ccccc1)NC(=O)C(CS)NC(=O)C1CCCN1. The molecule has 4 unspecified atom stereocenters. The van der Waals surface area contributed by atoms with Crippen LogP contribution in [0.4, 0.5) is 0 Å². The van der Waals surface area contributed by atoms with E-state index in [9.17, 15) is 24.3 Å². The lowest BCUT2D eigenvalue weighted by Gasteiger charge is -2.24. The molecular formula is C23H30N6O5S. The highest BCUT2D eigenvalue weighted by atomic mass is 32.1. The second kappa shape index (κ2) is 12.9. The monoisotopic (exact) mass is 502 g/mol. The number of H-pyrrole nitrogens is 1. The molecule has 1 fully saturated rings. The van der Waals surface area contributed by atoms with Crippen LogP contribution >= 0.6 is 12.6 Å². The molecule has 2 heterocycles. The first kappa shape index (κ1) is 26.2. The number of thiol groups is 1. The van der Waals surface area contributed by atoms with Crippen LogP contribution in [0, 0.1) is 0 Å². The van der Waals surface area contributed by atoms with Gasteiger partial charge in [0.2, 0.25) is 17.7 Å². The van der Waals surface area contributed by atoms with Gasteiger partial charge in [-0.15, -0.1) is 0 Å². The highest BCUT2D eigenvalue weighted by Gasteiger charge is 2.31. The minimum Gasteiger partial charge on any atom is -0.480 e. The summed E-state index contributed by atoms with van der Waals surface area (Å²) in [5, 5.41) is 20.5. The molecule has 0 radical (unpaired) electrons. The second-order valence-electron chi connectivity index (χ2n) is 8.32. The number of carboxylic acid groups (broad SMARTS) is 1. The van der Waals surface area contributed by atoms with Crippen LogP contribution in [0.3, 0.4) is 0 Å². The van der Waals surface area contributed by atoms with E-state index in [0.29, 0.717) is 12.1 Å². The molecule has 6 N–H and O–H groups in total. The van der Waals surface area contributed by atoms with Crippen molar-refractivity contribution in [2.45, 2.75) is 49.9 Å². The zero-order chi connectivity index (χ0) is 25.2. The van der Waals surface area contributed by atoms with Crippen LogP contribution in [-0.2, 0) is 32.0 Å². The summed E-state index contributed by atoms with van der Waals surface area (Å²) >= 11 is 4.19. The van der Waals surface area contributed by atoms with E-state index in [2.05, 4.69) is 43.9 Å². The minimum absolute atomic E-state index is 0.00319. The molecule has 0 bridgehead atoms. The number of carbonyl (C=O) groups is 4. The number of hydrogen-bond donors (Lipinski definition) is 7. The lowest BCUT2D eigenvalue weighted by molar-refractivity contribution is -0.142. The van der Waals surface area contributed by atoms with Gasteiger partial charge in [-0.05, 0) is 24.9 Å². The molecule has 3 amide bonds. The molecule has 1 saturated heterocycles. The normalized spacial score (nSPS) is 17.7. The van der Waals surface area contributed by atoms with Crippen LogP contribution in [0.5, 0.6) is 0 Å². The van der Waals surface area contributed by atoms with Crippen LogP contribution in [0.25, 0.3) is 0 Å². The van der Waals surface area contributed by atoms with Gasteiger partial charge in [-0.1, -0.05) is 30.3 Å². The molecule has 0 saturated carbocycles. The third-order valence-corrected chi connectivity index (χ3v) is 6.07. The molecule has 35 heavy (non-hydrogen) atoms. The predicted molar refractivity (Wildman–Crippen MR) is 131 cm³/mol. The van der Waals surface area contributed by atoms with Crippen molar-refractivity contribution in [3.8, 4) is 0 Å². The molecule has 0 spiro atoms. The van der Waals surface area contributed by atoms with E-state index in [1.807, 2.05) is 6.07 Å².